The largest absolute Gasteiger partial charge is 0.355 e. The average molecular weight is 254 g/mol. The quantitative estimate of drug-likeness (QED) is 0.560. The van der Waals surface area contributed by atoms with Crippen molar-refractivity contribution in [1.29, 1.82) is 0 Å². The summed E-state index contributed by atoms with van der Waals surface area (Å²) in [5.74, 6) is -0.00969. The predicted molar refractivity (Wildman–Crippen MR) is 72.3 cm³/mol. The number of hydrogen-bond donors (Lipinski definition) is 1. The van der Waals surface area contributed by atoms with Gasteiger partial charge in [0.15, 0.2) is 0 Å². The number of benzene rings is 1. The fourth-order valence-electron chi connectivity index (χ4n) is 1.73. The van der Waals surface area contributed by atoms with E-state index < -0.39 is 0 Å². The molecule has 17 heavy (non-hydrogen) atoms. The summed E-state index contributed by atoms with van der Waals surface area (Å²) in [5.41, 5.74) is 1.41. The molecule has 0 aromatic heterocycles. The minimum Gasteiger partial charge on any atom is -0.355 e. The molecule has 2 nitrogen and oxygen atoms in total. The van der Waals surface area contributed by atoms with E-state index in [1.807, 2.05) is 6.07 Å². The molecule has 0 saturated carbocycles. The topological polar surface area (TPSA) is 29.1 Å². The van der Waals surface area contributed by atoms with Gasteiger partial charge in [-0.05, 0) is 24.8 Å². The van der Waals surface area contributed by atoms with Crippen LogP contribution in [0.2, 0.25) is 0 Å². The normalized spacial score (nSPS) is 10.2. The average Bonchev–Trinajstić information content (AvgIpc) is 2.38. The Labute approximate surface area is 108 Å². The predicted octanol–water partition coefficient (Wildman–Crippen LogP) is 3.14. The maximum atomic E-state index is 10.8. The zero-order chi connectivity index (χ0) is 12.3. The molecule has 0 bridgehead atoms. The molecule has 1 N–H and O–H groups in total. The Morgan fingerprint density at radius 3 is 2.47 bits per heavy atom. The van der Waals surface area contributed by atoms with Crippen LogP contribution >= 0.6 is 11.6 Å². The molecule has 0 fully saturated rings. The summed E-state index contributed by atoms with van der Waals surface area (Å²) in [6.45, 7) is 0.747. The minimum absolute atomic E-state index is 0.0635. The van der Waals surface area contributed by atoms with Crippen molar-refractivity contribution in [3.05, 3.63) is 35.9 Å². The van der Waals surface area contributed by atoms with Crippen molar-refractivity contribution in [2.24, 2.45) is 0 Å². The van der Waals surface area contributed by atoms with Crippen LogP contribution in [-0.2, 0) is 11.2 Å². The highest BCUT2D eigenvalue weighted by Crippen LogP contribution is 2.07. The number of nitrogens with one attached hydrogen (secondary N) is 1. The highest BCUT2D eigenvalue weighted by Gasteiger charge is 1.96. The Hall–Kier alpha value is -1.02. The van der Waals surface area contributed by atoms with Gasteiger partial charge >= 0.3 is 0 Å². The molecule has 1 amide bonds. The molecule has 0 aliphatic heterocycles. The summed E-state index contributed by atoms with van der Waals surface area (Å²) in [6, 6.07) is 10.5. The zero-order valence-corrected chi connectivity index (χ0v) is 10.9. The van der Waals surface area contributed by atoms with Gasteiger partial charge in [-0.15, -0.1) is 11.6 Å². The van der Waals surface area contributed by atoms with Crippen molar-refractivity contribution in [3.8, 4) is 0 Å². The molecular weight excluding hydrogens is 234 g/mol. The highest BCUT2D eigenvalue weighted by molar-refractivity contribution is 6.27. The van der Waals surface area contributed by atoms with E-state index in [1.165, 1.54) is 18.4 Å². The lowest BCUT2D eigenvalue weighted by atomic mass is 10.1. The van der Waals surface area contributed by atoms with Gasteiger partial charge < -0.3 is 5.32 Å². The third-order valence-electron chi connectivity index (χ3n) is 2.68. The lowest BCUT2D eigenvalue weighted by Crippen LogP contribution is -2.25. The van der Waals surface area contributed by atoms with Crippen molar-refractivity contribution in [3.63, 3.8) is 0 Å². The smallest absolute Gasteiger partial charge is 0.234 e. The monoisotopic (exact) mass is 253 g/mol. The Balaban J connectivity index is 1.93. The minimum atomic E-state index is -0.0732. The molecule has 0 atom stereocenters. The van der Waals surface area contributed by atoms with E-state index in [0.717, 1.165) is 25.8 Å². The standard InChI is InChI=1S/C14H20ClNO/c15-12-14(17)16-11-7-2-1-4-8-13-9-5-3-6-10-13/h3,5-6,9-10H,1-2,4,7-8,11-12H2,(H,16,17). The number of halogens is 1. The summed E-state index contributed by atoms with van der Waals surface area (Å²) in [4.78, 5) is 10.8. The molecule has 1 rings (SSSR count). The number of aryl methyl sites for hydroxylation is 1. The first-order valence-electron chi connectivity index (χ1n) is 6.19. The van der Waals surface area contributed by atoms with Crippen LogP contribution in [0.3, 0.4) is 0 Å². The number of carbonyl (C=O) groups is 1. The Morgan fingerprint density at radius 1 is 1.06 bits per heavy atom. The zero-order valence-electron chi connectivity index (χ0n) is 10.1. The number of unbranched alkanes of at least 4 members (excludes halogenated alkanes) is 3. The highest BCUT2D eigenvalue weighted by atomic mass is 35.5. The Kier molecular flexibility index (Phi) is 7.48. The maximum absolute atomic E-state index is 10.8. The summed E-state index contributed by atoms with van der Waals surface area (Å²) in [6.07, 6.45) is 5.78. The van der Waals surface area contributed by atoms with Crippen LogP contribution in [0.1, 0.15) is 31.2 Å². The van der Waals surface area contributed by atoms with Gasteiger partial charge in [-0.3, -0.25) is 4.79 Å². The van der Waals surface area contributed by atoms with Crippen LogP contribution in [-0.4, -0.2) is 18.3 Å². The maximum Gasteiger partial charge on any atom is 0.234 e. The number of amides is 1. The van der Waals surface area contributed by atoms with Gasteiger partial charge in [-0.1, -0.05) is 43.2 Å². The summed E-state index contributed by atoms with van der Waals surface area (Å²) < 4.78 is 0. The number of hydrogen-bond acceptors (Lipinski definition) is 1. The second kappa shape index (κ2) is 9.06. The summed E-state index contributed by atoms with van der Waals surface area (Å²) in [5, 5.41) is 2.77. The third kappa shape index (κ3) is 7.01. The molecule has 0 unspecified atom stereocenters. The Morgan fingerprint density at radius 2 is 1.76 bits per heavy atom. The fourth-order valence-corrected chi connectivity index (χ4v) is 1.82. The molecule has 0 radical (unpaired) electrons. The molecule has 0 spiro atoms. The van der Waals surface area contributed by atoms with Gasteiger partial charge in [-0.25, -0.2) is 0 Å². The van der Waals surface area contributed by atoms with Crippen LogP contribution in [0.4, 0.5) is 0 Å². The first-order chi connectivity index (χ1) is 8.33. The molecule has 0 heterocycles. The molecule has 0 aliphatic rings. The summed E-state index contributed by atoms with van der Waals surface area (Å²) in [7, 11) is 0. The second-order valence-electron chi connectivity index (χ2n) is 4.13. The SMILES string of the molecule is O=C(CCl)NCCCCCCc1ccccc1. The van der Waals surface area contributed by atoms with E-state index >= 15 is 0 Å². The number of carbonyl (C=O) groups excluding carboxylic acids is 1. The van der Waals surface area contributed by atoms with Gasteiger partial charge in [0, 0.05) is 6.54 Å². The van der Waals surface area contributed by atoms with Crippen LogP contribution in [0, 0.1) is 0 Å². The molecule has 1 aromatic rings. The van der Waals surface area contributed by atoms with Crippen molar-refractivity contribution < 1.29 is 4.79 Å². The fraction of sp³-hybridized carbons (Fsp3) is 0.500. The van der Waals surface area contributed by atoms with Gasteiger partial charge in [0.1, 0.15) is 5.88 Å². The summed E-state index contributed by atoms with van der Waals surface area (Å²) >= 11 is 5.37. The number of alkyl halides is 1. The van der Waals surface area contributed by atoms with Gasteiger partial charge in [0.25, 0.3) is 0 Å². The van der Waals surface area contributed by atoms with E-state index in [9.17, 15) is 4.79 Å². The van der Waals surface area contributed by atoms with Crippen molar-refractivity contribution in [1.82, 2.24) is 5.32 Å². The lowest BCUT2D eigenvalue weighted by molar-refractivity contribution is -0.118. The lowest BCUT2D eigenvalue weighted by Gasteiger charge is -2.03. The molecular formula is C14H20ClNO. The van der Waals surface area contributed by atoms with E-state index in [-0.39, 0.29) is 11.8 Å². The molecule has 0 aliphatic carbocycles. The van der Waals surface area contributed by atoms with Gasteiger partial charge in [0.2, 0.25) is 5.91 Å². The van der Waals surface area contributed by atoms with Gasteiger partial charge in [0.05, 0.1) is 0 Å². The van der Waals surface area contributed by atoms with Crippen molar-refractivity contribution in [2.75, 3.05) is 12.4 Å². The Bertz CT molecular complexity index is 313. The van der Waals surface area contributed by atoms with Crippen molar-refractivity contribution >= 4 is 17.5 Å². The van der Waals surface area contributed by atoms with Gasteiger partial charge in [-0.2, -0.15) is 0 Å². The van der Waals surface area contributed by atoms with E-state index in [2.05, 4.69) is 29.6 Å². The third-order valence-corrected chi connectivity index (χ3v) is 2.92. The van der Waals surface area contributed by atoms with E-state index in [4.69, 9.17) is 11.6 Å². The first kappa shape index (κ1) is 14.0. The van der Waals surface area contributed by atoms with Crippen molar-refractivity contribution in [2.45, 2.75) is 32.1 Å². The van der Waals surface area contributed by atoms with Crippen LogP contribution < -0.4 is 5.32 Å². The molecule has 1 aromatic carbocycles. The molecule has 3 heteroatoms. The second-order valence-corrected chi connectivity index (χ2v) is 4.40. The molecule has 0 saturated heterocycles. The molecule has 94 valence electrons. The first-order valence-corrected chi connectivity index (χ1v) is 6.73. The van der Waals surface area contributed by atoms with Crippen LogP contribution in [0.5, 0.6) is 0 Å². The van der Waals surface area contributed by atoms with E-state index in [1.54, 1.807) is 0 Å². The van der Waals surface area contributed by atoms with E-state index in [0.29, 0.717) is 0 Å². The van der Waals surface area contributed by atoms with Crippen LogP contribution in [0.25, 0.3) is 0 Å². The number of rotatable bonds is 8. The van der Waals surface area contributed by atoms with Crippen LogP contribution in [0.15, 0.2) is 30.3 Å².